The first-order valence-corrected chi connectivity index (χ1v) is 9.85. The molecule has 1 aliphatic rings. The summed E-state index contributed by atoms with van der Waals surface area (Å²) in [6, 6.07) is 12.9. The fourth-order valence-electron chi connectivity index (χ4n) is 3.69. The van der Waals surface area contributed by atoms with Crippen molar-refractivity contribution in [2.24, 2.45) is 11.8 Å². The van der Waals surface area contributed by atoms with Gasteiger partial charge in [0.15, 0.2) is 0 Å². The Labute approximate surface area is 170 Å². The van der Waals surface area contributed by atoms with Crippen molar-refractivity contribution >= 4 is 23.4 Å². The summed E-state index contributed by atoms with van der Waals surface area (Å²) in [4.78, 5) is 29.1. The van der Waals surface area contributed by atoms with Gasteiger partial charge in [-0.3, -0.25) is 4.98 Å². The number of carboxylic acids is 1. The van der Waals surface area contributed by atoms with E-state index in [-0.39, 0.29) is 12.5 Å². The lowest BCUT2D eigenvalue weighted by Crippen LogP contribution is -2.30. The van der Waals surface area contributed by atoms with E-state index >= 15 is 0 Å². The Hall–Kier alpha value is -2.93. The number of aliphatic carboxylic acids is 1. The Bertz CT molecular complexity index is 745. The van der Waals surface area contributed by atoms with Crippen LogP contribution in [0.15, 0.2) is 54.9 Å². The summed E-state index contributed by atoms with van der Waals surface area (Å²) < 4.78 is 10.9. The van der Waals surface area contributed by atoms with Crippen molar-refractivity contribution in [3.63, 3.8) is 0 Å². The highest BCUT2D eigenvalue weighted by atomic mass is 16.6. The van der Waals surface area contributed by atoms with Gasteiger partial charge in [-0.1, -0.05) is 24.6 Å². The average Bonchev–Trinajstić information content (AvgIpc) is 2.74. The van der Waals surface area contributed by atoms with Crippen LogP contribution in [0.4, 0.5) is 16.2 Å². The van der Waals surface area contributed by atoms with Gasteiger partial charge in [0.1, 0.15) is 6.61 Å². The molecule has 1 heterocycles. The van der Waals surface area contributed by atoms with Crippen LogP contribution in [0.2, 0.25) is 0 Å². The Balaban J connectivity index is 1.58. The second-order valence-corrected chi connectivity index (χ2v) is 7.27. The van der Waals surface area contributed by atoms with Crippen LogP contribution in [-0.4, -0.2) is 42.0 Å². The lowest BCUT2D eigenvalue weighted by Gasteiger charge is -2.29. The monoisotopic (exact) mass is 398 g/mol. The predicted molar refractivity (Wildman–Crippen MR) is 108 cm³/mol. The minimum Gasteiger partial charge on any atom is -0.480 e. The molecule has 1 N–H and O–H groups in total. The molecule has 1 fully saturated rings. The molecule has 1 amide bonds. The number of hydrogen-bond acceptors (Lipinski definition) is 5. The molecule has 0 aliphatic heterocycles. The first kappa shape index (κ1) is 20.8. The SMILES string of the molecule is O=C(O)COCC1CCCC(COC(=O)N(c2ccccc2)c2cccnc2)C1. The molecule has 7 heteroatoms. The first-order chi connectivity index (χ1) is 14.1. The van der Waals surface area contributed by atoms with E-state index in [4.69, 9.17) is 14.6 Å². The molecular weight excluding hydrogens is 372 g/mol. The fourth-order valence-corrected chi connectivity index (χ4v) is 3.69. The molecular formula is C22H26N2O5. The van der Waals surface area contributed by atoms with Crippen LogP contribution in [0.5, 0.6) is 0 Å². The van der Waals surface area contributed by atoms with Gasteiger partial charge < -0.3 is 14.6 Å². The number of aromatic nitrogens is 1. The van der Waals surface area contributed by atoms with E-state index in [1.54, 1.807) is 18.5 Å². The lowest BCUT2D eigenvalue weighted by atomic mass is 9.82. The van der Waals surface area contributed by atoms with Crippen molar-refractivity contribution < 1.29 is 24.2 Å². The van der Waals surface area contributed by atoms with Crippen LogP contribution < -0.4 is 4.90 Å². The Morgan fingerprint density at radius 2 is 1.76 bits per heavy atom. The third kappa shape index (κ3) is 6.29. The number of amides is 1. The molecule has 154 valence electrons. The van der Waals surface area contributed by atoms with Gasteiger partial charge in [0.05, 0.1) is 30.8 Å². The maximum Gasteiger partial charge on any atom is 0.419 e. The van der Waals surface area contributed by atoms with Gasteiger partial charge in [0.25, 0.3) is 0 Å². The number of rotatable bonds is 8. The lowest BCUT2D eigenvalue weighted by molar-refractivity contribution is -0.142. The van der Waals surface area contributed by atoms with Crippen LogP contribution >= 0.6 is 0 Å². The standard InChI is InChI=1S/C22H26N2O5/c25-21(26)16-28-14-17-6-4-7-18(12-17)15-29-22(27)24(19-8-2-1-3-9-19)20-10-5-11-23-13-20/h1-3,5,8-11,13,17-18H,4,6-7,12,14-16H2,(H,25,26). The van der Waals surface area contributed by atoms with Gasteiger partial charge in [-0.2, -0.15) is 0 Å². The summed E-state index contributed by atoms with van der Waals surface area (Å²) in [6.45, 7) is 0.494. The molecule has 2 aromatic rings. The minimum atomic E-state index is -0.956. The zero-order chi connectivity index (χ0) is 20.5. The van der Waals surface area contributed by atoms with Gasteiger partial charge in [0, 0.05) is 6.20 Å². The quantitative estimate of drug-likeness (QED) is 0.715. The van der Waals surface area contributed by atoms with Gasteiger partial charge in [0.2, 0.25) is 0 Å². The first-order valence-electron chi connectivity index (χ1n) is 9.85. The molecule has 0 spiro atoms. The predicted octanol–water partition coefficient (Wildman–Crippen LogP) is 4.26. The number of carbonyl (C=O) groups excluding carboxylic acids is 1. The third-order valence-electron chi connectivity index (χ3n) is 5.01. The van der Waals surface area contributed by atoms with E-state index in [0.29, 0.717) is 30.5 Å². The molecule has 0 radical (unpaired) electrons. The Kier molecular flexibility index (Phi) is 7.58. The normalized spacial score (nSPS) is 18.8. The number of anilines is 2. The van der Waals surface area contributed by atoms with Gasteiger partial charge in [-0.25, -0.2) is 14.5 Å². The maximum absolute atomic E-state index is 12.9. The topological polar surface area (TPSA) is 89.0 Å². The summed E-state index contributed by atoms with van der Waals surface area (Å²) >= 11 is 0. The molecule has 0 saturated heterocycles. The fraction of sp³-hybridized carbons (Fsp3) is 0.409. The summed E-state index contributed by atoms with van der Waals surface area (Å²) in [6.07, 6.45) is 6.74. The van der Waals surface area contributed by atoms with E-state index in [9.17, 15) is 9.59 Å². The van der Waals surface area contributed by atoms with E-state index in [0.717, 1.165) is 25.7 Å². The zero-order valence-corrected chi connectivity index (χ0v) is 16.3. The summed E-state index contributed by atoms with van der Waals surface area (Å²) in [7, 11) is 0. The summed E-state index contributed by atoms with van der Waals surface area (Å²) in [5.74, 6) is -0.407. The van der Waals surface area contributed by atoms with Crippen molar-refractivity contribution in [2.45, 2.75) is 25.7 Å². The second kappa shape index (κ2) is 10.6. The van der Waals surface area contributed by atoms with Crippen molar-refractivity contribution in [1.82, 2.24) is 4.98 Å². The van der Waals surface area contributed by atoms with Crippen molar-refractivity contribution in [3.8, 4) is 0 Å². The number of pyridine rings is 1. The van der Waals surface area contributed by atoms with E-state index in [1.165, 1.54) is 4.90 Å². The zero-order valence-electron chi connectivity index (χ0n) is 16.3. The highest BCUT2D eigenvalue weighted by Crippen LogP contribution is 2.30. The van der Waals surface area contributed by atoms with Crippen LogP contribution in [0.3, 0.4) is 0 Å². The van der Waals surface area contributed by atoms with E-state index in [2.05, 4.69) is 4.98 Å². The Morgan fingerprint density at radius 3 is 2.45 bits per heavy atom. The molecule has 2 unspecified atom stereocenters. The minimum absolute atomic E-state index is 0.248. The molecule has 0 bridgehead atoms. The average molecular weight is 398 g/mol. The molecule has 1 aliphatic carbocycles. The number of carboxylic acid groups (broad SMARTS) is 1. The van der Waals surface area contributed by atoms with Gasteiger partial charge >= 0.3 is 12.1 Å². The van der Waals surface area contributed by atoms with Crippen LogP contribution in [0, 0.1) is 11.8 Å². The van der Waals surface area contributed by atoms with Crippen LogP contribution in [0.25, 0.3) is 0 Å². The van der Waals surface area contributed by atoms with E-state index < -0.39 is 12.1 Å². The Morgan fingerprint density at radius 1 is 1.03 bits per heavy atom. The third-order valence-corrected chi connectivity index (χ3v) is 5.01. The summed E-state index contributed by atoms with van der Waals surface area (Å²) in [5, 5.41) is 8.69. The van der Waals surface area contributed by atoms with Crippen molar-refractivity contribution in [2.75, 3.05) is 24.7 Å². The molecule has 7 nitrogen and oxygen atoms in total. The van der Waals surface area contributed by atoms with Gasteiger partial charge in [-0.05, 0) is 55.4 Å². The molecule has 1 saturated carbocycles. The number of hydrogen-bond donors (Lipinski definition) is 1. The highest BCUT2D eigenvalue weighted by Gasteiger charge is 2.26. The van der Waals surface area contributed by atoms with Crippen LogP contribution in [0.1, 0.15) is 25.7 Å². The number of ether oxygens (including phenoxy) is 2. The maximum atomic E-state index is 12.9. The van der Waals surface area contributed by atoms with Crippen LogP contribution in [-0.2, 0) is 14.3 Å². The second-order valence-electron chi connectivity index (χ2n) is 7.27. The van der Waals surface area contributed by atoms with Gasteiger partial charge in [-0.15, -0.1) is 0 Å². The largest absolute Gasteiger partial charge is 0.480 e. The van der Waals surface area contributed by atoms with Crippen molar-refractivity contribution in [1.29, 1.82) is 0 Å². The number of carbonyl (C=O) groups is 2. The smallest absolute Gasteiger partial charge is 0.419 e. The highest BCUT2D eigenvalue weighted by molar-refractivity contribution is 5.95. The van der Waals surface area contributed by atoms with E-state index in [1.807, 2.05) is 36.4 Å². The molecule has 1 aromatic carbocycles. The van der Waals surface area contributed by atoms with Crippen molar-refractivity contribution in [3.05, 3.63) is 54.9 Å². The number of para-hydroxylation sites is 1. The number of benzene rings is 1. The molecule has 2 atom stereocenters. The number of nitrogens with zero attached hydrogens (tertiary/aromatic N) is 2. The molecule has 1 aromatic heterocycles. The molecule has 3 rings (SSSR count). The summed E-state index contributed by atoms with van der Waals surface area (Å²) in [5.41, 5.74) is 1.36. The molecule has 29 heavy (non-hydrogen) atoms.